The number of aromatic nitrogens is 1. The molecule has 0 aliphatic heterocycles. The molecule has 112 valence electrons. The number of aliphatic hydroxyl groups excluding tert-OH is 1. The van der Waals surface area contributed by atoms with E-state index in [0.717, 1.165) is 6.26 Å². The minimum atomic E-state index is -1.75. The van der Waals surface area contributed by atoms with Crippen LogP contribution in [0.15, 0.2) is 16.9 Å². The molecule has 2 atom stereocenters. The maximum atomic E-state index is 11.7. The van der Waals surface area contributed by atoms with E-state index in [-0.39, 0.29) is 18.7 Å². The van der Waals surface area contributed by atoms with Gasteiger partial charge in [0.25, 0.3) is 5.91 Å². The van der Waals surface area contributed by atoms with E-state index >= 15 is 0 Å². The number of oxazole rings is 1. The lowest BCUT2D eigenvalue weighted by Crippen LogP contribution is -2.43. The molecule has 1 aromatic rings. The van der Waals surface area contributed by atoms with E-state index in [9.17, 15) is 19.5 Å². The third-order valence-electron chi connectivity index (χ3n) is 2.43. The zero-order valence-electron chi connectivity index (χ0n) is 10.7. The quantitative estimate of drug-likeness (QED) is 0.312. The molecule has 10 nitrogen and oxygen atoms in total. The number of carbonyl (C=O) groups excluding carboxylic acids is 2. The van der Waals surface area contributed by atoms with Crippen LogP contribution in [0.1, 0.15) is 24.8 Å². The normalized spacial score (nSPS) is 12.8. The second-order valence-electron chi connectivity index (χ2n) is 3.92. The van der Waals surface area contributed by atoms with Gasteiger partial charge in [0.1, 0.15) is 12.3 Å². The maximum absolute atomic E-state index is 11.7. The van der Waals surface area contributed by atoms with Crippen molar-refractivity contribution >= 4 is 23.9 Å². The fraction of sp³-hybridized carbons (Fsp3) is 0.364. The summed E-state index contributed by atoms with van der Waals surface area (Å²) in [6, 6.07) is -1.39. The summed E-state index contributed by atoms with van der Waals surface area (Å²) >= 11 is 0. The Hall–Kier alpha value is -2.84. The van der Waals surface area contributed by atoms with Crippen molar-refractivity contribution in [2.24, 2.45) is 0 Å². The molecule has 21 heavy (non-hydrogen) atoms. The van der Waals surface area contributed by atoms with Gasteiger partial charge in [0.2, 0.25) is 17.8 Å². The molecule has 0 spiro atoms. The topological polar surface area (TPSA) is 166 Å². The van der Waals surface area contributed by atoms with Gasteiger partial charge >= 0.3 is 12.2 Å². The fourth-order valence-corrected chi connectivity index (χ4v) is 1.41. The lowest BCUT2D eigenvalue weighted by atomic mass is 10.1. The molecular formula is C11H12N4O6. The fourth-order valence-electron chi connectivity index (χ4n) is 1.41. The van der Waals surface area contributed by atoms with E-state index in [4.69, 9.17) is 15.1 Å². The molecule has 10 heteroatoms. The summed E-state index contributed by atoms with van der Waals surface area (Å²) in [5, 5.41) is 20.6. The van der Waals surface area contributed by atoms with Crippen molar-refractivity contribution in [2.75, 3.05) is 0 Å². The first-order chi connectivity index (χ1) is 9.95. The number of nitrogens with one attached hydrogen (secondary N) is 1. The van der Waals surface area contributed by atoms with Crippen molar-refractivity contribution in [1.82, 2.24) is 10.3 Å². The number of carboxylic acid groups (broad SMARTS) is 1. The first kappa shape index (κ1) is 16.2. The van der Waals surface area contributed by atoms with Crippen LogP contribution in [0.25, 0.3) is 5.53 Å². The molecule has 0 bridgehead atoms. The highest BCUT2D eigenvalue weighted by Gasteiger charge is 2.27. The molecule has 0 saturated carbocycles. The van der Waals surface area contributed by atoms with Gasteiger partial charge in [-0.2, -0.15) is 4.79 Å². The number of carbonyl (C=O) groups is 3. The highest BCUT2D eigenvalue weighted by atomic mass is 16.4. The van der Waals surface area contributed by atoms with Crippen molar-refractivity contribution in [1.29, 1.82) is 0 Å². The summed E-state index contributed by atoms with van der Waals surface area (Å²) < 4.78 is 4.72. The number of hydrogen-bond acceptors (Lipinski definition) is 6. The largest absolute Gasteiger partial charge is 0.480 e. The Morgan fingerprint density at radius 1 is 1.52 bits per heavy atom. The van der Waals surface area contributed by atoms with Crippen LogP contribution in [0.3, 0.4) is 0 Å². The molecule has 0 saturated heterocycles. The number of rotatable bonds is 8. The monoisotopic (exact) mass is 296 g/mol. The van der Waals surface area contributed by atoms with Gasteiger partial charge in [-0.3, -0.25) is 9.59 Å². The van der Waals surface area contributed by atoms with Gasteiger partial charge in [0.15, 0.2) is 0 Å². The van der Waals surface area contributed by atoms with Gasteiger partial charge in [-0.05, 0) is 6.42 Å². The number of amides is 1. The highest BCUT2D eigenvalue weighted by Crippen LogP contribution is 2.10. The zero-order chi connectivity index (χ0) is 15.8. The lowest BCUT2D eigenvalue weighted by molar-refractivity contribution is -0.144. The predicted molar refractivity (Wildman–Crippen MR) is 65.0 cm³/mol. The molecule has 0 aliphatic rings. The molecule has 3 N–H and O–H groups in total. The van der Waals surface area contributed by atoms with Gasteiger partial charge in [-0.15, -0.1) is 0 Å². The number of nitrogens with zero attached hydrogens (tertiary/aromatic N) is 3. The van der Waals surface area contributed by atoms with Gasteiger partial charge in [0.05, 0.1) is 6.20 Å². The first-order valence-electron chi connectivity index (χ1n) is 5.76. The van der Waals surface area contributed by atoms with Crippen molar-refractivity contribution in [3.05, 3.63) is 23.9 Å². The lowest BCUT2D eigenvalue weighted by Gasteiger charge is -2.15. The van der Waals surface area contributed by atoms with Gasteiger partial charge in [-0.25, -0.2) is 9.78 Å². The van der Waals surface area contributed by atoms with Crippen molar-refractivity contribution in [3.63, 3.8) is 0 Å². The molecular weight excluding hydrogens is 284 g/mol. The number of ketones is 1. The second kappa shape index (κ2) is 7.68. The Morgan fingerprint density at radius 2 is 2.24 bits per heavy atom. The number of aliphatic carboxylic acids is 1. The Kier molecular flexibility index (Phi) is 5.93. The molecule has 0 unspecified atom stereocenters. The molecule has 1 aromatic heterocycles. The molecule has 0 aliphatic carbocycles. The number of aliphatic hydroxyl groups is 1. The van der Waals surface area contributed by atoms with E-state index < -0.39 is 29.8 Å². The third-order valence-corrected chi connectivity index (χ3v) is 2.43. The molecule has 0 radical (unpaired) electrons. The second-order valence-corrected chi connectivity index (χ2v) is 3.92. The average Bonchev–Trinajstić information content (AvgIpc) is 2.96. The van der Waals surface area contributed by atoms with Crippen LogP contribution in [-0.2, 0) is 14.4 Å². The van der Waals surface area contributed by atoms with E-state index in [1.807, 2.05) is 0 Å². The summed E-state index contributed by atoms with van der Waals surface area (Å²) in [5.41, 5.74) is 8.15. The summed E-state index contributed by atoms with van der Waals surface area (Å²) in [5.74, 6) is -3.28. The molecule has 0 fully saturated rings. The Labute approximate surface area is 118 Å². The smallest absolute Gasteiger partial charge is 0.326 e. The third kappa shape index (κ3) is 4.97. The van der Waals surface area contributed by atoms with Crippen LogP contribution in [-0.4, -0.2) is 49.9 Å². The molecule has 1 amide bonds. The van der Waals surface area contributed by atoms with E-state index in [1.54, 1.807) is 0 Å². The van der Waals surface area contributed by atoms with Crippen molar-refractivity contribution < 1.29 is 33.8 Å². The molecule has 1 rings (SSSR count). The van der Waals surface area contributed by atoms with Crippen LogP contribution in [0.2, 0.25) is 0 Å². The summed E-state index contributed by atoms with van der Waals surface area (Å²) in [6.45, 7) is 0. The van der Waals surface area contributed by atoms with Gasteiger partial charge < -0.3 is 25.5 Å². The molecule has 0 aromatic carbocycles. The minimum absolute atomic E-state index is 0.232. The zero-order valence-corrected chi connectivity index (χ0v) is 10.7. The van der Waals surface area contributed by atoms with E-state index in [2.05, 4.69) is 15.1 Å². The first-order valence-corrected chi connectivity index (χ1v) is 5.76. The number of hydrogen-bond donors (Lipinski definition) is 3. The van der Waals surface area contributed by atoms with Crippen LogP contribution in [0.5, 0.6) is 0 Å². The number of Topliss-reactive ketones (excluding diaryl/α,β-unsaturated/α-hetero) is 1. The highest BCUT2D eigenvalue weighted by molar-refractivity contribution is 6.25. The van der Waals surface area contributed by atoms with E-state index in [1.165, 1.54) is 6.20 Å². The molecule has 1 heterocycles. The van der Waals surface area contributed by atoms with Gasteiger partial charge in [-0.1, -0.05) is 0 Å². The Morgan fingerprint density at radius 3 is 2.76 bits per heavy atom. The van der Waals surface area contributed by atoms with Crippen molar-refractivity contribution in [2.45, 2.75) is 25.0 Å². The van der Waals surface area contributed by atoms with Crippen LogP contribution in [0.4, 0.5) is 0 Å². The van der Waals surface area contributed by atoms with Crippen LogP contribution < -0.4 is 5.32 Å². The Bertz CT molecular complexity index is 563. The predicted octanol–water partition coefficient (Wildman–Crippen LogP) is -1.07. The summed E-state index contributed by atoms with van der Waals surface area (Å²) in [4.78, 5) is 39.8. The average molecular weight is 296 g/mol. The van der Waals surface area contributed by atoms with Crippen LogP contribution in [0, 0.1) is 0 Å². The summed E-state index contributed by atoms with van der Waals surface area (Å²) in [6.07, 6.45) is 0.751. The Balaban J connectivity index is 2.61. The van der Waals surface area contributed by atoms with Crippen molar-refractivity contribution in [3.8, 4) is 0 Å². The standard InChI is InChI=1S/C11H12N4O6/c12-14-5-6(16)1-2-7(11(19)20)15-9(18)8(17)10-13-3-4-21-10/h3-5,7-8,17H,1-2H2,(H,15,18)(H,19,20)/t7-,8+/m0/s1. The number of carboxylic acids is 1. The maximum Gasteiger partial charge on any atom is 0.326 e. The minimum Gasteiger partial charge on any atom is -0.480 e. The van der Waals surface area contributed by atoms with Gasteiger partial charge in [0, 0.05) is 6.42 Å². The van der Waals surface area contributed by atoms with E-state index in [0.29, 0.717) is 6.21 Å². The SMILES string of the molecule is [N-]=[N+]=CC(=O)CC[C@H](NC(=O)[C@@H](O)c1ncco1)C(=O)O. The van der Waals surface area contributed by atoms with Crippen LogP contribution >= 0.6 is 0 Å². The summed E-state index contributed by atoms with van der Waals surface area (Å²) in [7, 11) is 0.